The molecule has 1 heterocycles. The van der Waals surface area contributed by atoms with E-state index in [1.165, 1.54) is 12.1 Å². The van der Waals surface area contributed by atoms with Crippen LogP contribution in [0.15, 0.2) is 91.1 Å². The monoisotopic (exact) mass is 398 g/mol. The maximum Gasteiger partial charge on any atom is 0.258 e. The summed E-state index contributed by atoms with van der Waals surface area (Å²) in [6.45, 7) is 4.12. The molecule has 30 heavy (non-hydrogen) atoms. The van der Waals surface area contributed by atoms with Crippen LogP contribution in [0.4, 0.5) is 10.1 Å². The number of nitrogens with zero attached hydrogens (tertiary/aromatic N) is 1. The quantitative estimate of drug-likeness (QED) is 0.401. The van der Waals surface area contributed by atoms with Gasteiger partial charge in [-0.2, -0.15) is 0 Å². The summed E-state index contributed by atoms with van der Waals surface area (Å²) in [4.78, 5) is 13.4. The number of carbonyl (C=O) groups is 1. The highest BCUT2D eigenvalue weighted by molar-refractivity contribution is 6.10. The van der Waals surface area contributed by atoms with Gasteiger partial charge in [0.25, 0.3) is 5.91 Å². The van der Waals surface area contributed by atoms with E-state index in [1.54, 1.807) is 12.1 Å². The molecule has 3 nitrogen and oxygen atoms in total. The van der Waals surface area contributed by atoms with Crippen molar-refractivity contribution in [3.8, 4) is 16.8 Å². The Morgan fingerprint density at radius 3 is 2.07 bits per heavy atom. The van der Waals surface area contributed by atoms with E-state index in [2.05, 4.69) is 19.2 Å². The van der Waals surface area contributed by atoms with Crippen molar-refractivity contribution in [1.29, 1.82) is 0 Å². The molecular formula is C26H23FN2O. The maximum absolute atomic E-state index is 13.5. The Balaban J connectivity index is 1.91. The molecule has 4 rings (SSSR count). The molecule has 1 aromatic heterocycles. The molecule has 0 saturated carbocycles. The van der Waals surface area contributed by atoms with Gasteiger partial charge in [0, 0.05) is 28.8 Å². The van der Waals surface area contributed by atoms with Crippen LogP contribution in [-0.2, 0) is 0 Å². The van der Waals surface area contributed by atoms with Crippen LogP contribution in [0.3, 0.4) is 0 Å². The van der Waals surface area contributed by atoms with Crippen LogP contribution in [0, 0.1) is 5.82 Å². The lowest BCUT2D eigenvalue weighted by Crippen LogP contribution is -2.16. The highest BCUT2D eigenvalue weighted by Gasteiger charge is 2.25. The zero-order valence-corrected chi connectivity index (χ0v) is 17.0. The van der Waals surface area contributed by atoms with Gasteiger partial charge in [0.1, 0.15) is 5.82 Å². The predicted octanol–water partition coefficient (Wildman–Crippen LogP) is 6.66. The largest absolute Gasteiger partial charge is 0.322 e. The minimum atomic E-state index is -0.290. The highest BCUT2D eigenvalue weighted by Crippen LogP contribution is 2.35. The summed E-state index contributed by atoms with van der Waals surface area (Å²) in [7, 11) is 0. The van der Waals surface area contributed by atoms with Gasteiger partial charge in [-0.05, 0) is 47.9 Å². The molecule has 0 fully saturated rings. The Morgan fingerprint density at radius 1 is 0.867 bits per heavy atom. The number of amides is 1. The van der Waals surface area contributed by atoms with E-state index in [4.69, 9.17) is 0 Å². The van der Waals surface area contributed by atoms with E-state index < -0.39 is 0 Å². The topological polar surface area (TPSA) is 34.0 Å². The molecule has 0 bridgehead atoms. The van der Waals surface area contributed by atoms with E-state index in [1.807, 2.05) is 71.4 Å². The van der Waals surface area contributed by atoms with Crippen molar-refractivity contribution in [2.75, 3.05) is 5.32 Å². The summed E-state index contributed by atoms with van der Waals surface area (Å²) in [5, 5.41) is 3.03. The van der Waals surface area contributed by atoms with E-state index in [0.29, 0.717) is 5.56 Å². The summed E-state index contributed by atoms with van der Waals surface area (Å²) in [5.74, 6) is -0.379. The number of hydrogen-bond acceptors (Lipinski definition) is 1. The van der Waals surface area contributed by atoms with E-state index in [0.717, 1.165) is 28.2 Å². The van der Waals surface area contributed by atoms with Crippen LogP contribution in [0.2, 0.25) is 0 Å². The van der Waals surface area contributed by atoms with Gasteiger partial charge in [-0.1, -0.05) is 62.4 Å². The Labute approximate surface area is 175 Å². The number of carbonyl (C=O) groups excluding carboxylic acids is 1. The van der Waals surface area contributed by atoms with Gasteiger partial charge in [0.15, 0.2) is 0 Å². The van der Waals surface area contributed by atoms with Gasteiger partial charge in [0.05, 0.1) is 5.56 Å². The number of hydrogen-bond donors (Lipinski definition) is 1. The third-order valence-electron chi connectivity index (χ3n) is 5.04. The molecular weight excluding hydrogens is 375 g/mol. The molecule has 0 aliphatic rings. The first-order valence-electron chi connectivity index (χ1n) is 9.97. The molecule has 4 heteroatoms. The summed E-state index contributed by atoms with van der Waals surface area (Å²) < 4.78 is 15.5. The molecule has 0 spiro atoms. The number of nitrogens with one attached hydrogen (secondary N) is 1. The normalized spacial score (nSPS) is 10.9. The van der Waals surface area contributed by atoms with Crippen molar-refractivity contribution in [3.63, 3.8) is 0 Å². The van der Waals surface area contributed by atoms with Gasteiger partial charge in [-0.25, -0.2) is 4.39 Å². The minimum absolute atomic E-state index is 0.0732. The van der Waals surface area contributed by atoms with E-state index in [-0.39, 0.29) is 17.6 Å². The Morgan fingerprint density at radius 2 is 1.47 bits per heavy atom. The average molecular weight is 398 g/mol. The molecule has 0 unspecified atom stereocenters. The molecule has 0 saturated heterocycles. The molecule has 0 radical (unpaired) electrons. The number of rotatable bonds is 5. The molecule has 0 atom stereocenters. The first kappa shape index (κ1) is 19.6. The van der Waals surface area contributed by atoms with Crippen molar-refractivity contribution >= 4 is 11.6 Å². The second kappa shape index (κ2) is 8.37. The van der Waals surface area contributed by atoms with Crippen LogP contribution in [-0.4, -0.2) is 10.5 Å². The van der Waals surface area contributed by atoms with Crippen molar-refractivity contribution in [2.24, 2.45) is 0 Å². The Kier molecular flexibility index (Phi) is 5.48. The standard InChI is InChI=1S/C26H23FN2O/c1-18(2)25-24(26(30)28-21-11-7-4-8-12-21)23(19-9-5-3-6-10-19)17-29(25)22-15-13-20(27)14-16-22/h3-18H,1-2H3,(H,28,30). The van der Waals surface area contributed by atoms with Gasteiger partial charge < -0.3 is 9.88 Å². The fourth-order valence-electron chi connectivity index (χ4n) is 3.69. The lowest BCUT2D eigenvalue weighted by atomic mass is 9.98. The zero-order chi connectivity index (χ0) is 21.1. The minimum Gasteiger partial charge on any atom is -0.322 e. The van der Waals surface area contributed by atoms with E-state index >= 15 is 0 Å². The summed E-state index contributed by atoms with van der Waals surface area (Å²) in [6.07, 6.45) is 1.97. The zero-order valence-electron chi connectivity index (χ0n) is 17.0. The SMILES string of the molecule is CC(C)c1c(C(=O)Nc2ccccc2)c(-c2ccccc2)cn1-c1ccc(F)cc1. The summed E-state index contributed by atoms with van der Waals surface area (Å²) in [5.41, 5.74) is 4.87. The second-order valence-electron chi connectivity index (χ2n) is 7.49. The fraction of sp³-hybridized carbons (Fsp3) is 0.115. The van der Waals surface area contributed by atoms with Gasteiger partial charge >= 0.3 is 0 Å². The first-order chi connectivity index (χ1) is 14.5. The second-order valence-corrected chi connectivity index (χ2v) is 7.49. The Hall–Kier alpha value is -3.66. The number of benzene rings is 3. The fourth-order valence-corrected chi connectivity index (χ4v) is 3.69. The van der Waals surface area contributed by atoms with Crippen molar-refractivity contribution in [2.45, 2.75) is 19.8 Å². The molecule has 4 aromatic rings. The van der Waals surface area contributed by atoms with Crippen LogP contribution in [0.1, 0.15) is 35.8 Å². The predicted molar refractivity (Wildman–Crippen MR) is 120 cm³/mol. The van der Waals surface area contributed by atoms with Crippen molar-refractivity contribution < 1.29 is 9.18 Å². The molecule has 1 N–H and O–H groups in total. The van der Waals surface area contributed by atoms with Crippen LogP contribution in [0.25, 0.3) is 16.8 Å². The molecule has 150 valence electrons. The lowest BCUT2D eigenvalue weighted by Gasteiger charge is -2.15. The van der Waals surface area contributed by atoms with Crippen LogP contribution < -0.4 is 5.32 Å². The van der Waals surface area contributed by atoms with Crippen LogP contribution in [0.5, 0.6) is 0 Å². The third kappa shape index (κ3) is 3.90. The number of anilines is 1. The van der Waals surface area contributed by atoms with E-state index in [9.17, 15) is 9.18 Å². The van der Waals surface area contributed by atoms with Gasteiger partial charge in [-0.15, -0.1) is 0 Å². The number of aromatic nitrogens is 1. The number of halogens is 1. The van der Waals surface area contributed by atoms with Crippen molar-refractivity contribution in [3.05, 3.63) is 108 Å². The first-order valence-corrected chi connectivity index (χ1v) is 9.97. The lowest BCUT2D eigenvalue weighted by molar-refractivity contribution is 0.102. The molecule has 3 aromatic carbocycles. The smallest absolute Gasteiger partial charge is 0.258 e. The average Bonchev–Trinajstić information content (AvgIpc) is 3.17. The molecule has 0 aliphatic heterocycles. The molecule has 1 amide bonds. The Bertz CT molecular complexity index is 1150. The van der Waals surface area contributed by atoms with Crippen LogP contribution >= 0.6 is 0 Å². The van der Waals surface area contributed by atoms with Gasteiger partial charge in [-0.3, -0.25) is 4.79 Å². The summed E-state index contributed by atoms with van der Waals surface area (Å²) >= 11 is 0. The number of para-hydroxylation sites is 1. The van der Waals surface area contributed by atoms with Crippen molar-refractivity contribution in [1.82, 2.24) is 4.57 Å². The summed E-state index contributed by atoms with van der Waals surface area (Å²) in [6, 6.07) is 25.6. The molecule has 0 aliphatic carbocycles. The highest BCUT2D eigenvalue weighted by atomic mass is 19.1. The third-order valence-corrected chi connectivity index (χ3v) is 5.04. The van der Waals surface area contributed by atoms with Gasteiger partial charge in [0.2, 0.25) is 0 Å². The maximum atomic E-state index is 13.5.